The number of hydrogen-bond acceptors (Lipinski definition) is 2. The third-order valence-electron chi connectivity index (χ3n) is 4.85. The van der Waals surface area contributed by atoms with Crippen LogP contribution in [0.15, 0.2) is 52.0 Å². The minimum absolute atomic E-state index is 1.01. The first-order valence-corrected chi connectivity index (χ1v) is 9.56. The van der Waals surface area contributed by atoms with Gasteiger partial charge in [-0.25, -0.2) is 0 Å². The van der Waals surface area contributed by atoms with Gasteiger partial charge in [0.1, 0.15) is 5.58 Å². The van der Waals surface area contributed by atoms with E-state index in [1.54, 1.807) is 11.1 Å². The Morgan fingerprint density at radius 1 is 1.09 bits per heavy atom. The molecule has 1 aromatic heterocycles. The molecule has 1 heterocycles. The normalized spacial score (nSPS) is 14.1. The van der Waals surface area contributed by atoms with E-state index in [1.165, 1.54) is 47.1 Å². The highest BCUT2D eigenvalue weighted by molar-refractivity contribution is 7.98. The summed E-state index contributed by atoms with van der Waals surface area (Å²) in [6.45, 7) is 2.17. The van der Waals surface area contributed by atoms with Crippen molar-refractivity contribution in [2.75, 3.05) is 0 Å². The van der Waals surface area contributed by atoms with E-state index in [1.807, 2.05) is 18.0 Å². The molecule has 1 aliphatic carbocycles. The predicted octanol–water partition coefficient (Wildman–Crippen LogP) is 6.17. The maximum Gasteiger partial charge on any atom is 0.134 e. The van der Waals surface area contributed by atoms with Crippen molar-refractivity contribution in [3.05, 3.63) is 64.9 Å². The van der Waals surface area contributed by atoms with Gasteiger partial charge in [0.15, 0.2) is 0 Å². The van der Waals surface area contributed by atoms with E-state index in [2.05, 4.69) is 43.3 Å². The van der Waals surface area contributed by atoms with Gasteiger partial charge >= 0.3 is 0 Å². The number of benzene rings is 2. The van der Waals surface area contributed by atoms with Crippen molar-refractivity contribution in [2.45, 2.75) is 49.7 Å². The molecule has 0 N–H and O–H groups in total. The monoisotopic (exact) mass is 322 g/mol. The Morgan fingerprint density at radius 3 is 2.91 bits per heavy atom. The molecule has 0 radical (unpaired) electrons. The first kappa shape index (κ1) is 14.9. The van der Waals surface area contributed by atoms with Gasteiger partial charge in [-0.3, -0.25) is 0 Å². The van der Waals surface area contributed by atoms with E-state index in [9.17, 15) is 0 Å². The minimum atomic E-state index is 1.01. The summed E-state index contributed by atoms with van der Waals surface area (Å²) in [5.74, 6) is 1.01. The van der Waals surface area contributed by atoms with Crippen LogP contribution in [-0.4, -0.2) is 0 Å². The lowest BCUT2D eigenvalue weighted by molar-refractivity contribution is 0.611. The molecule has 4 rings (SSSR count). The molecule has 0 bridgehead atoms. The van der Waals surface area contributed by atoms with Gasteiger partial charge in [-0.2, -0.15) is 0 Å². The van der Waals surface area contributed by atoms with Crippen molar-refractivity contribution >= 4 is 22.7 Å². The van der Waals surface area contributed by atoms with E-state index in [4.69, 9.17) is 4.42 Å². The summed E-state index contributed by atoms with van der Waals surface area (Å²) >= 11 is 1.97. The molecule has 0 fully saturated rings. The van der Waals surface area contributed by atoms with Gasteiger partial charge in [0.2, 0.25) is 0 Å². The number of hydrogen-bond donors (Lipinski definition) is 0. The highest BCUT2D eigenvalue weighted by atomic mass is 32.2. The quantitative estimate of drug-likeness (QED) is 0.533. The van der Waals surface area contributed by atoms with Crippen molar-refractivity contribution in [1.29, 1.82) is 0 Å². The average Bonchev–Trinajstić information content (AvgIpc) is 3.02. The lowest BCUT2D eigenvalue weighted by Crippen LogP contribution is -2.03. The van der Waals surface area contributed by atoms with E-state index in [0.29, 0.717) is 0 Å². The number of aryl methyl sites for hydroxylation is 2. The Morgan fingerprint density at radius 2 is 2.00 bits per heavy atom. The summed E-state index contributed by atoms with van der Waals surface area (Å²) in [6, 6.07) is 13.5. The van der Waals surface area contributed by atoms with Crippen LogP contribution in [0.2, 0.25) is 0 Å². The second-order valence-corrected chi connectivity index (χ2v) is 7.35. The largest absolute Gasteiger partial charge is 0.464 e. The van der Waals surface area contributed by atoms with Gasteiger partial charge in [-0.1, -0.05) is 31.2 Å². The Balaban J connectivity index is 1.55. The van der Waals surface area contributed by atoms with E-state index in [-0.39, 0.29) is 0 Å². The highest BCUT2D eigenvalue weighted by Crippen LogP contribution is 2.33. The van der Waals surface area contributed by atoms with Gasteiger partial charge in [0.25, 0.3) is 0 Å². The highest BCUT2D eigenvalue weighted by Gasteiger charge is 2.13. The molecule has 2 heteroatoms. The number of rotatable bonds is 4. The first-order valence-electron chi connectivity index (χ1n) is 8.57. The maximum absolute atomic E-state index is 5.71. The third kappa shape index (κ3) is 2.92. The summed E-state index contributed by atoms with van der Waals surface area (Å²) in [5, 5.41) is 1.26. The molecule has 0 atom stereocenters. The van der Waals surface area contributed by atoms with Crippen LogP contribution >= 0.6 is 11.8 Å². The Kier molecular flexibility index (Phi) is 4.17. The van der Waals surface area contributed by atoms with Gasteiger partial charge < -0.3 is 4.42 Å². The summed E-state index contributed by atoms with van der Waals surface area (Å²) in [7, 11) is 0. The predicted molar refractivity (Wildman–Crippen MR) is 98.2 cm³/mol. The van der Waals surface area contributed by atoms with Crippen molar-refractivity contribution in [3.8, 4) is 0 Å². The van der Waals surface area contributed by atoms with Crippen molar-refractivity contribution in [1.82, 2.24) is 0 Å². The van der Waals surface area contributed by atoms with E-state index in [0.717, 1.165) is 17.8 Å². The molecule has 0 saturated heterocycles. The van der Waals surface area contributed by atoms with Crippen LogP contribution in [-0.2, 0) is 25.0 Å². The second kappa shape index (κ2) is 6.45. The molecule has 1 nitrogen and oxygen atoms in total. The molecule has 0 spiro atoms. The lowest BCUT2D eigenvalue weighted by Gasteiger charge is -2.18. The van der Waals surface area contributed by atoms with E-state index >= 15 is 0 Å². The molecule has 1 aliphatic rings. The van der Waals surface area contributed by atoms with Gasteiger partial charge in [-0.15, -0.1) is 11.8 Å². The first-order chi connectivity index (χ1) is 11.3. The smallest absolute Gasteiger partial charge is 0.134 e. The van der Waals surface area contributed by atoms with Crippen LogP contribution < -0.4 is 0 Å². The third-order valence-corrected chi connectivity index (χ3v) is 6.02. The lowest BCUT2D eigenvalue weighted by atomic mass is 9.92. The topological polar surface area (TPSA) is 13.1 Å². The van der Waals surface area contributed by atoms with Gasteiger partial charge in [-0.05, 0) is 66.5 Å². The molecule has 118 valence electrons. The van der Waals surface area contributed by atoms with Crippen LogP contribution in [0.3, 0.4) is 0 Å². The molecule has 0 saturated carbocycles. The number of furan rings is 1. The molecule has 23 heavy (non-hydrogen) atoms. The molecule has 0 unspecified atom stereocenters. The maximum atomic E-state index is 5.71. The summed E-state index contributed by atoms with van der Waals surface area (Å²) in [5.41, 5.74) is 6.82. The minimum Gasteiger partial charge on any atom is -0.464 e. The van der Waals surface area contributed by atoms with Gasteiger partial charge in [0.05, 0.1) is 6.26 Å². The van der Waals surface area contributed by atoms with Crippen LogP contribution in [0.5, 0.6) is 0 Å². The molecule has 0 aliphatic heterocycles. The molecule has 0 amide bonds. The van der Waals surface area contributed by atoms with Crippen molar-refractivity contribution in [2.24, 2.45) is 0 Å². The van der Waals surface area contributed by atoms with Crippen LogP contribution in [0.4, 0.5) is 0 Å². The van der Waals surface area contributed by atoms with Gasteiger partial charge in [0, 0.05) is 16.0 Å². The second-order valence-electron chi connectivity index (χ2n) is 6.33. The fourth-order valence-corrected chi connectivity index (χ4v) is 4.62. The van der Waals surface area contributed by atoms with Crippen molar-refractivity contribution in [3.63, 3.8) is 0 Å². The van der Waals surface area contributed by atoms with Crippen LogP contribution in [0.1, 0.15) is 42.0 Å². The van der Waals surface area contributed by atoms with E-state index < -0.39 is 0 Å². The summed E-state index contributed by atoms with van der Waals surface area (Å²) < 4.78 is 5.71. The molecular weight excluding hydrogens is 300 g/mol. The van der Waals surface area contributed by atoms with Crippen LogP contribution in [0, 0.1) is 0 Å². The molecule has 3 aromatic rings. The van der Waals surface area contributed by atoms with Crippen LogP contribution in [0.25, 0.3) is 11.0 Å². The summed E-state index contributed by atoms with van der Waals surface area (Å²) in [4.78, 5) is 1.47. The standard InChI is InChI=1S/C21H22OS/c1-2-16-13-22-20-12-15(10-11-18(16)20)14-23-21-9-5-7-17-6-3-4-8-19(17)21/h5,7,9-13H,2-4,6,8,14H2,1H3. The zero-order valence-corrected chi connectivity index (χ0v) is 14.4. The zero-order valence-electron chi connectivity index (χ0n) is 13.6. The number of fused-ring (bicyclic) bond motifs is 2. The Labute approximate surface area is 142 Å². The molecular formula is C21H22OS. The zero-order chi connectivity index (χ0) is 15.6. The summed E-state index contributed by atoms with van der Waals surface area (Å²) in [6.07, 6.45) is 8.10. The molecule has 2 aromatic carbocycles. The fraction of sp³-hybridized carbons (Fsp3) is 0.333. The SMILES string of the molecule is CCc1coc2cc(CSc3cccc4c3CCCC4)ccc12. The number of thioether (sulfide) groups is 1. The Hall–Kier alpha value is -1.67. The van der Waals surface area contributed by atoms with Crippen molar-refractivity contribution < 1.29 is 4.42 Å². The Bertz CT molecular complexity index is 831. The fourth-order valence-electron chi connectivity index (χ4n) is 3.53. The average molecular weight is 322 g/mol.